The number of hydrogen-bond donors (Lipinski definition) is 2. The van der Waals surface area contributed by atoms with Crippen molar-refractivity contribution in [2.45, 2.75) is 12.3 Å². The maximum absolute atomic E-state index is 6.01. The van der Waals surface area contributed by atoms with Crippen LogP contribution in [0.25, 0.3) is 11.1 Å². The zero-order chi connectivity index (χ0) is 12.5. The summed E-state index contributed by atoms with van der Waals surface area (Å²) in [6, 6.07) is 8.05. The van der Waals surface area contributed by atoms with Gasteiger partial charge in [0.2, 0.25) is 0 Å². The van der Waals surface area contributed by atoms with Crippen molar-refractivity contribution in [2.75, 3.05) is 18.9 Å². The van der Waals surface area contributed by atoms with Gasteiger partial charge in [0, 0.05) is 28.1 Å². The Balaban J connectivity index is 2.11. The lowest BCUT2D eigenvalue weighted by Gasteiger charge is -2.10. The molecule has 1 atom stereocenters. The number of ether oxygens (including phenoxy) is 1. The molecule has 1 saturated heterocycles. The summed E-state index contributed by atoms with van der Waals surface area (Å²) >= 11 is 3.57. The van der Waals surface area contributed by atoms with Crippen molar-refractivity contribution in [3.63, 3.8) is 0 Å². The summed E-state index contributed by atoms with van der Waals surface area (Å²) in [5.41, 5.74) is 9.16. The van der Waals surface area contributed by atoms with E-state index in [4.69, 9.17) is 10.5 Å². The van der Waals surface area contributed by atoms with Crippen LogP contribution in [-0.2, 0) is 4.74 Å². The Kier molecular flexibility index (Phi) is 3.09. The van der Waals surface area contributed by atoms with Crippen LogP contribution in [0, 0.1) is 0 Å². The van der Waals surface area contributed by atoms with E-state index in [9.17, 15) is 0 Å². The number of aromatic nitrogens is 2. The first-order chi connectivity index (χ1) is 8.77. The molecule has 1 aliphatic heterocycles. The molecule has 1 aromatic carbocycles. The van der Waals surface area contributed by atoms with Gasteiger partial charge in [-0.25, -0.2) is 0 Å². The van der Waals surface area contributed by atoms with Crippen molar-refractivity contribution in [1.82, 2.24) is 10.2 Å². The van der Waals surface area contributed by atoms with Crippen molar-refractivity contribution in [3.8, 4) is 11.1 Å². The first kappa shape index (κ1) is 11.7. The molecule has 2 heterocycles. The molecule has 1 unspecified atom stereocenters. The van der Waals surface area contributed by atoms with Crippen LogP contribution in [0.4, 0.5) is 5.82 Å². The molecule has 1 fully saturated rings. The highest BCUT2D eigenvalue weighted by Gasteiger charge is 2.25. The van der Waals surface area contributed by atoms with E-state index in [1.54, 1.807) is 0 Å². The summed E-state index contributed by atoms with van der Waals surface area (Å²) in [7, 11) is 0. The molecule has 0 amide bonds. The number of hydrogen-bond acceptors (Lipinski definition) is 3. The summed E-state index contributed by atoms with van der Waals surface area (Å²) < 4.78 is 6.47. The predicted octanol–water partition coefficient (Wildman–Crippen LogP) is 2.93. The fourth-order valence-electron chi connectivity index (χ4n) is 2.37. The smallest absolute Gasteiger partial charge is 0.153 e. The molecule has 5 heteroatoms. The van der Waals surface area contributed by atoms with Crippen molar-refractivity contribution in [2.24, 2.45) is 0 Å². The Morgan fingerprint density at radius 3 is 2.94 bits per heavy atom. The molecule has 0 aliphatic carbocycles. The third-order valence-corrected chi connectivity index (χ3v) is 3.99. The van der Waals surface area contributed by atoms with E-state index < -0.39 is 0 Å². The fourth-order valence-corrected chi connectivity index (χ4v) is 2.86. The topological polar surface area (TPSA) is 63.9 Å². The van der Waals surface area contributed by atoms with Gasteiger partial charge < -0.3 is 10.5 Å². The number of halogens is 1. The van der Waals surface area contributed by atoms with Crippen LogP contribution >= 0.6 is 15.9 Å². The summed E-state index contributed by atoms with van der Waals surface area (Å²) in [6.45, 7) is 1.54. The lowest BCUT2D eigenvalue weighted by Crippen LogP contribution is -2.00. The quantitative estimate of drug-likeness (QED) is 0.896. The normalized spacial score (nSPS) is 19.3. The summed E-state index contributed by atoms with van der Waals surface area (Å²) in [5.74, 6) is 0.903. The number of nitrogens with one attached hydrogen (secondary N) is 1. The van der Waals surface area contributed by atoms with Gasteiger partial charge in [0.25, 0.3) is 0 Å². The summed E-state index contributed by atoms with van der Waals surface area (Å²) in [5, 5.41) is 7.22. The number of benzene rings is 1. The minimum Gasteiger partial charge on any atom is -0.382 e. The number of anilines is 1. The number of nitrogens with two attached hydrogens (primary N) is 1. The minimum atomic E-state index is 0.358. The Morgan fingerprint density at radius 2 is 2.22 bits per heavy atom. The van der Waals surface area contributed by atoms with Gasteiger partial charge in [-0.3, -0.25) is 5.10 Å². The van der Waals surface area contributed by atoms with Crippen molar-refractivity contribution < 1.29 is 4.74 Å². The highest BCUT2D eigenvalue weighted by atomic mass is 79.9. The third-order valence-electron chi connectivity index (χ3n) is 3.30. The fraction of sp³-hybridized carbons (Fsp3) is 0.308. The Hall–Kier alpha value is -1.33. The van der Waals surface area contributed by atoms with Gasteiger partial charge >= 0.3 is 0 Å². The molecular formula is C13H14BrN3O. The molecular weight excluding hydrogens is 294 g/mol. The highest BCUT2D eigenvalue weighted by Crippen LogP contribution is 2.38. The van der Waals surface area contributed by atoms with Crippen LogP contribution in [0.5, 0.6) is 0 Å². The largest absolute Gasteiger partial charge is 0.382 e. The van der Waals surface area contributed by atoms with Gasteiger partial charge in [0.1, 0.15) is 0 Å². The van der Waals surface area contributed by atoms with Crippen molar-refractivity contribution in [3.05, 3.63) is 34.4 Å². The van der Waals surface area contributed by atoms with E-state index in [0.717, 1.165) is 40.9 Å². The Morgan fingerprint density at radius 1 is 1.39 bits per heavy atom. The van der Waals surface area contributed by atoms with Crippen LogP contribution in [0.15, 0.2) is 28.7 Å². The second-order valence-electron chi connectivity index (χ2n) is 4.44. The molecule has 4 nitrogen and oxygen atoms in total. The van der Waals surface area contributed by atoms with Gasteiger partial charge in [0.15, 0.2) is 5.82 Å². The zero-order valence-electron chi connectivity index (χ0n) is 9.82. The Labute approximate surface area is 114 Å². The maximum Gasteiger partial charge on any atom is 0.153 e. The van der Waals surface area contributed by atoms with Crippen LogP contribution in [0.2, 0.25) is 0 Å². The summed E-state index contributed by atoms with van der Waals surface area (Å²) in [4.78, 5) is 0. The second-order valence-corrected chi connectivity index (χ2v) is 5.29. The minimum absolute atomic E-state index is 0.358. The van der Waals surface area contributed by atoms with E-state index in [2.05, 4.69) is 26.1 Å². The van der Waals surface area contributed by atoms with Gasteiger partial charge in [-0.15, -0.1) is 0 Å². The van der Waals surface area contributed by atoms with Crippen LogP contribution in [0.1, 0.15) is 18.0 Å². The van der Waals surface area contributed by atoms with Gasteiger partial charge in [0.05, 0.1) is 12.3 Å². The molecule has 1 aromatic heterocycles. The molecule has 18 heavy (non-hydrogen) atoms. The molecule has 3 rings (SSSR count). The molecule has 0 spiro atoms. The van der Waals surface area contributed by atoms with Gasteiger partial charge in [-0.2, -0.15) is 5.10 Å². The van der Waals surface area contributed by atoms with Crippen LogP contribution in [-0.4, -0.2) is 23.4 Å². The first-order valence-electron chi connectivity index (χ1n) is 5.93. The molecule has 94 valence electrons. The van der Waals surface area contributed by atoms with E-state index in [0.29, 0.717) is 11.7 Å². The monoisotopic (exact) mass is 307 g/mol. The number of H-pyrrole nitrogens is 1. The molecule has 3 N–H and O–H groups in total. The number of nitrogen functional groups attached to an aromatic ring is 1. The van der Waals surface area contributed by atoms with E-state index in [1.807, 2.05) is 24.3 Å². The SMILES string of the molecule is Nc1n[nH]c(C2CCOC2)c1-c1ccccc1Br. The van der Waals surface area contributed by atoms with Crippen molar-refractivity contribution in [1.29, 1.82) is 0 Å². The molecule has 1 aliphatic rings. The van der Waals surface area contributed by atoms with Crippen LogP contribution < -0.4 is 5.73 Å². The molecule has 2 aromatic rings. The lowest BCUT2D eigenvalue weighted by atomic mass is 9.96. The highest BCUT2D eigenvalue weighted by molar-refractivity contribution is 9.10. The third kappa shape index (κ3) is 1.93. The second kappa shape index (κ2) is 4.74. The molecule has 0 radical (unpaired) electrons. The van der Waals surface area contributed by atoms with Gasteiger partial charge in [-0.1, -0.05) is 34.1 Å². The van der Waals surface area contributed by atoms with Gasteiger partial charge in [-0.05, 0) is 12.5 Å². The first-order valence-corrected chi connectivity index (χ1v) is 6.73. The molecule has 0 saturated carbocycles. The number of nitrogens with zero attached hydrogens (tertiary/aromatic N) is 1. The zero-order valence-corrected chi connectivity index (χ0v) is 11.4. The van der Waals surface area contributed by atoms with E-state index >= 15 is 0 Å². The average Bonchev–Trinajstić information content (AvgIpc) is 2.99. The summed E-state index contributed by atoms with van der Waals surface area (Å²) in [6.07, 6.45) is 1.01. The number of aromatic amines is 1. The number of rotatable bonds is 2. The lowest BCUT2D eigenvalue weighted by molar-refractivity contribution is 0.193. The Bertz CT molecular complexity index is 561. The predicted molar refractivity (Wildman–Crippen MR) is 74.3 cm³/mol. The van der Waals surface area contributed by atoms with E-state index in [1.165, 1.54) is 0 Å². The van der Waals surface area contributed by atoms with Crippen molar-refractivity contribution >= 4 is 21.7 Å². The standard InChI is InChI=1S/C13H14BrN3O/c14-10-4-2-1-3-9(10)11-12(16-17-13(11)15)8-5-6-18-7-8/h1-4,8H,5-7H2,(H3,15,16,17). The average molecular weight is 308 g/mol. The van der Waals surface area contributed by atoms with Crippen LogP contribution in [0.3, 0.4) is 0 Å². The maximum atomic E-state index is 6.01. The van der Waals surface area contributed by atoms with E-state index in [-0.39, 0.29) is 0 Å². The molecule has 0 bridgehead atoms.